The average Bonchev–Trinajstić information content (AvgIpc) is 2.30. The summed E-state index contributed by atoms with van der Waals surface area (Å²) in [4.78, 5) is 9.34. The molecule has 2 N–H and O–H groups in total. The van der Waals surface area contributed by atoms with Crippen molar-refractivity contribution in [2.75, 3.05) is 19.4 Å². The Labute approximate surface area is 105 Å². The molecule has 0 aromatic carbocycles. The van der Waals surface area contributed by atoms with Crippen molar-refractivity contribution in [3.8, 4) is 0 Å². The lowest BCUT2D eigenvalue weighted by Crippen LogP contribution is -2.00. The maximum atomic E-state index is 11.4. The zero-order valence-corrected chi connectivity index (χ0v) is 11.8. The van der Waals surface area contributed by atoms with Gasteiger partial charge in [0.2, 0.25) is 0 Å². The Bertz CT molecular complexity index is 209. The molecule has 0 saturated heterocycles. The highest BCUT2D eigenvalue weighted by atomic mass is 31.2. The first-order valence-electron chi connectivity index (χ1n) is 6.69. The Balaban J connectivity index is 3.29. The van der Waals surface area contributed by atoms with Crippen molar-refractivity contribution in [1.82, 2.24) is 0 Å². The quantitative estimate of drug-likeness (QED) is 0.420. The first-order chi connectivity index (χ1) is 8.12. The van der Waals surface area contributed by atoms with Crippen LogP contribution in [0.1, 0.15) is 58.3 Å². The zero-order chi connectivity index (χ0) is 13.0. The number of unbranched alkanes of at least 4 members (excludes halogenated alkanes) is 7. The Hall–Kier alpha value is 0.110. The highest BCUT2D eigenvalue weighted by molar-refractivity contribution is 7.52. The highest BCUT2D eigenvalue weighted by Crippen LogP contribution is 2.42. The lowest BCUT2D eigenvalue weighted by atomic mass is 10.1. The van der Waals surface area contributed by atoms with Gasteiger partial charge in [0, 0.05) is 6.16 Å². The minimum atomic E-state index is -3.44. The molecule has 0 aromatic heterocycles. The van der Waals surface area contributed by atoms with Crippen molar-refractivity contribution in [2.45, 2.75) is 58.3 Å². The summed E-state index contributed by atoms with van der Waals surface area (Å²) in [5, 5.41) is 8.48. The van der Waals surface area contributed by atoms with E-state index in [0.29, 0.717) is 0 Å². The van der Waals surface area contributed by atoms with Gasteiger partial charge in [0.05, 0.1) is 13.2 Å². The van der Waals surface area contributed by atoms with Crippen LogP contribution in [0.3, 0.4) is 0 Å². The summed E-state index contributed by atoms with van der Waals surface area (Å²) < 4.78 is 16.1. The van der Waals surface area contributed by atoms with Gasteiger partial charge in [-0.15, -0.1) is 0 Å². The smallest absolute Gasteiger partial charge is 0.328 e. The molecule has 0 radical (unpaired) electrons. The fourth-order valence-electron chi connectivity index (χ4n) is 1.69. The minimum Gasteiger partial charge on any atom is -0.394 e. The lowest BCUT2D eigenvalue weighted by molar-refractivity contribution is 0.183. The summed E-state index contributed by atoms with van der Waals surface area (Å²) in [5.41, 5.74) is 0. The van der Waals surface area contributed by atoms with Crippen LogP contribution < -0.4 is 0 Å². The van der Waals surface area contributed by atoms with Crippen molar-refractivity contribution in [2.24, 2.45) is 0 Å². The zero-order valence-electron chi connectivity index (χ0n) is 10.9. The summed E-state index contributed by atoms with van der Waals surface area (Å²) in [6.07, 6.45) is 9.40. The van der Waals surface area contributed by atoms with E-state index in [1.165, 1.54) is 32.1 Å². The van der Waals surface area contributed by atoms with Gasteiger partial charge in [-0.1, -0.05) is 51.9 Å². The number of hydrogen-bond acceptors (Lipinski definition) is 3. The van der Waals surface area contributed by atoms with E-state index in [0.717, 1.165) is 19.3 Å². The van der Waals surface area contributed by atoms with Gasteiger partial charge in [0.15, 0.2) is 0 Å². The Morgan fingerprint density at radius 3 is 2.06 bits per heavy atom. The average molecular weight is 266 g/mol. The van der Waals surface area contributed by atoms with Gasteiger partial charge in [-0.05, 0) is 6.42 Å². The minimum absolute atomic E-state index is 0.0508. The van der Waals surface area contributed by atoms with Gasteiger partial charge in [-0.3, -0.25) is 4.57 Å². The summed E-state index contributed by atoms with van der Waals surface area (Å²) >= 11 is 0. The monoisotopic (exact) mass is 266 g/mol. The molecule has 0 spiro atoms. The van der Waals surface area contributed by atoms with Gasteiger partial charge in [0.1, 0.15) is 0 Å². The van der Waals surface area contributed by atoms with Gasteiger partial charge < -0.3 is 14.5 Å². The van der Waals surface area contributed by atoms with Crippen molar-refractivity contribution in [3.05, 3.63) is 0 Å². The standard InChI is InChI=1S/C12H27O4P/c1-2-3-4-5-6-7-8-9-12-17(14,15)16-11-10-13/h13H,2-12H2,1H3,(H,14,15). The molecule has 1 atom stereocenters. The van der Waals surface area contributed by atoms with Crippen LogP contribution in [0.5, 0.6) is 0 Å². The van der Waals surface area contributed by atoms with Crippen LogP contribution in [0, 0.1) is 0 Å². The first-order valence-corrected chi connectivity index (χ1v) is 8.46. The predicted octanol–water partition coefficient (Wildman–Crippen LogP) is 3.32. The normalized spacial score (nSPS) is 14.8. The summed E-state index contributed by atoms with van der Waals surface area (Å²) in [5.74, 6) is 0. The van der Waals surface area contributed by atoms with Crippen molar-refractivity contribution < 1.29 is 19.1 Å². The van der Waals surface area contributed by atoms with Crippen LogP contribution in [-0.4, -0.2) is 29.4 Å². The van der Waals surface area contributed by atoms with Crippen LogP contribution in [0.4, 0.5) is 0 Å². The van der Waals surface area contributed by atoms with E-state index in [-0.39, 0.29) is 19.4 Å². The summed E-state index contributed by atoms with van der Waals surface area (Å²) in [7, 11) is -3.44. The van der Waals surface area contributed by atoms with Crippen LogP contribution in [0.15, 0.2) is 0 Å². The van der Waals surface area contributed by atoms with E-state index >= 15 is 0 Å². The Kier molecular flexibility index (Phi) is 11.3. The van der Waals surface area contributed by atoms with E-state index in [9.17, 15) is 9.46 Å². The van der Waals surface area contributed by atoms with E-state index in [2.05, 4.69) is 6.92 Å². The molecule has 0 rings (SSSR count). The molecule has 0 aliphatic carbocycles. The molecule has 1 unspecified atom stereocenters. The first kappa shape index (κ1) is 17.1. The molecular formula is C12H27O4P. The van der Waals surface area contributed by atoms with E-state index in [1.807, 2.05) is 0 Å². The number of hydrogen-bond donors (Lipinski definition) is 2. The number of aliphatic hydroxyl groups excluding tert-OH is 1. The van der Waals surface area contributed by atoms with Crippen molar-refractivity contribution in [1.29, 1.82) is 0 Å². The summed E-state index contributed by atoms with van der Waals surface area (Å²) in [6.45, 7) is 1.94. The number of aliphatic hydroxyl groups is 1. The molecule has 4 nitrogen and oxygen atoms in total. The largest absolute Gasteiger partial charge is 0.394 e. The third-order valence-electron chi connectivity index (χ3n) is 2.68. The molecular weight excluding hydrogens is 239 g/mol. The van der Waals surface area contributed by atoms with E-state index < -0.39 is 7.60 Å². The van der Waals surface area contributed by atoms with Crippen molar-refractivity contribution >= 4 is 7.60 Å². The molecule has 0 aliphatic rings. The molecule has 0 amide bonds. The van der Waals surface area contributed by atoms with Gasteiger partial charge >= 0.3 is 7.60 Å². The molecule has 5 heteroatoms. The molecule has 0 bridgehead atoms. The second-order valence-corrected chi connectivity index (χ2v) is 6.37. The predicted molar refractivity (Wildman–Crippen MR) is 70.3 cm³/mol. The Morgan fingerprint density at radius 2 is 1.53 bits per heavy atom. The molecule has 17 heavy (non-hydrogen) atoms. The fourth-order valence-corrected chi connectivity index (χ4v) is 2.81. The summed E-state index contributed by atoms with van der Waals surface area (Å²) in [6, 6.07) is 0. The topological polar surface area (TPSA) is 66.8 Å². The molecule has 104 valence electrons. The van der Waals surface area contributed by atoms with Crippen LogP contribution in [-0.2, 0) is 9.09 Å². The van der Waals surface area contributed by atoms with Gasteiger partial charge in [0.25, 0.3) is 0 Å². The molecule has 0 fully saturated rings. The van der Waals surface area contributed by atoms with Crippen LogP contribution in [0.2, 0.25) is 0 Å². The third kappa shape index (κ3) is 12.4. The van der Waals surface area contributed by atoms with Crippen molar-refractivity contribution in [3.63, 3.8) is 0 Å². The third-order valence-corrected chi connectivity index (χ3v) is 4.15. The fraction of sp³-hybridized carbons (Fsp3) is 1.00. The SMILES string of the molecule is CCCCCCCCCCP(=O)(O)OCCO. The second kappa shape index (κ2) is 11.2. The molecule has 0 aromatic rings. The van der Waals surface area contributed by atoms with Gasteiger partial charge in [-0.25, -0.2) is 0 Å². The molecule has 0 heterocycles. The maximum Gasteiger partial charge on any atom is 0.328 e. The number of rotatable bonds is 12. The highest BCUT2D eigenvalue weighted by Gasteiger charge is 2.17. The lowest BCUT2D eigenvalue weighted by Gasteiger charge is -2.10. The van der Waals surface area contributed by atoms with E-state index in [4.69, 9.17) is 9.63 Å². The Morgan fingerprint density at radius 1 is 1.00 bits per heavy atom. The second-order valence-electron chi connectivity index (χ2n) is 4.39. The molecule has 0 aliphatic heterocycles. The van der Waals surface area contributed by atoms with Crippen LogP contribution in [0.25, 0.3) is 0 Å². The maximum absolute atomic E-state index is 11.4. The van der Waals surface area contributed by atoms with Crippen LogP contribution >= 0.6 is 7.60 Å². The molecule has 0 saturated carbocycles. The van der Waals surface area contributed by atoms with E-state index in [1.54, 1.807) is 0 Å². The van der Waals surface area contributed by atoms with Gasteiger partial charge in [-0.2, -0.15) is 0 Å².